The Morgan fingerprint density at radius 1 is 1.04 bits per heavy atom. The molecule has 0 radical (unpaired) electrons. The molecule has 0 amide bonds. The number of hydrogen-bond acceptors (Lipinski definition) is 7. The second-order valence-electron chi connectivity index (χ2n) is 5.34. The van der Waals surface area contributed by atoms with Crippen molar-refractivity contribution in [1.82, 2.24) is 15.0 Å². The summed E-state index contributed by atoms with van der Waals surface area (Å²) in [6.45, 7) is 2.06. The van der Waals surface area contributed by atoms with Crippen LogP contribution in [0, 0.1) is 10.1 Å². The van der Waals surface area contributed by atoms with Crippen LogP contribution in [0.2, 0.25) is 0 Å². The van der Waals surface area contributed by atoms with Crippen LogP contribution in [0.5, 0.6) is 0 Å². The lowest BCUT2D eigenvalue weighted by atomic mass is 10.1. The Labute approximate surface area is 158 Å². The second kappa shape index (κ2) is 7.87. The van der Waals surface area contributed by atoms with Gasteiger partial charge in [0.25, 0.3) is 0 Å². The fourth-order valence-electron chi connectivity index (χ4n) is 2.27. The van der Waals surface area contributed by atoms with Crippen molar-refractivity contribution in [3.05, 3.63) is 69.1 Å². The minimum atomic E-state index is -0.524. The Hall–Kier alpha value is -3.07. The van der Waals surface area contributed by atoms with Gasteiger partial charge < -0.3 is 10.6 Å². The number of nitrogens with zero attached hydrogens (tertiary/aromatic N) is 4. The van der Waals surface area contributed by atoms with Crippen LogP contribution < -0.4 is 10.6 Å². The zero-order chi connectivity index (χ0) is 18.5. The van der Waals surface area contributed by atoms with E-state index in [0.717, 1.165) is 10.9 Å². The highest BCUT2D eigenvalue weighted by Gasteiger charge is 2.23. The van der Waals surface area contributed by atoms with Gasteiger partial charge in [-0.3, -0.25) is 10.1 Å². The Morgan fingerprint density at radius 3 is 2.31 bits per heavy atom. The predicted octanol–water partition coefficient (Wildman–Crippen LogP) is 4.59. The lowest BCUT2D eigenvalue weighted by molar-refractivity contribution is -0.383. The number of nitrogens with one attached hydrogen (secondary N) is 2. The molecule has 1 aromatic carbocycles. The van der Waals surface area contributed by atoms with E-state index in [4.69, 9.17) is 0 Å². The minimum absolute atomic E-state index is 0.0625. The number of benzene rings is 1. The molecule has 2 N–H and O–H groups in total. The largest absolute Gasteiger partial charge is 0.353 e. The normalized spacial score (nSPS) is 10.4. The van der Waals surface area contributed by atoms with E-state index in [-0.39, 0.29) is 17.3 Å². The van der Waals surface area contributed by atoms with Gasteiger partial charge in [-0.2, -0.15) is 0 Å². The van der Waals surface area contributed by atoms with Gasteiger partial charge in [-0.05, 0) is 52.2 Å². The summed E-state index contributed by atoms with van der Waals surface area (Å²) in [4.78, 5) is 23.2. The van der Waals surface area contributed by atoms with E-state index in [2.05, 4.69) is 48.4 Å². The number of hydrogen-bond donors (Lipinski definition) is 2. The molecule has 0 unspecified atom stereocenters. The monoisotopic (exact) mass is 414 g/mol. The molecule has 3 rings (SSSR count). The molecule has 0 spiro atoms. The summed E-state index contributed by atoms with van der Waals surface area (Å²) in [5.74, 6) is 0.606. The van der Waals surface area contributed by atoms with Crippen LogP contribution in [0.1, 0.15) is 12.5 Å². The number of aromatic nitrogens is 3. The first-order valence-corrected chi connectivity index (χ1v) is 8.60. The van der Waals surface area contributed by atoms with E-state index in [0.29, 0.717) is 11.5 Å². The molecule has 0 saturated heterocycles. The van der Waals surface area contributed by atoms with E-state index < -0.39 is 4.92 Å². The Balaban J connectivity index is 1.92. The molecule has 132 valence electrons. The molecule has 0 aliphatic rings. The van der Waals surface area contributed by atoms with Crippen molar-refractivity contribution in [2.24, 2.45) is 0 Å². The molecule has 0 bridgehead atoms. The molecule has 0 fully saturated rings. The second-order valence-corrected chi connectivity index (χ2v) is 6.25. The van der Waals surface area contributed by atoms with Crippen LogP contribution >= 0.6 is 15.9 Å². The van der Waals surface area contributed by atoms with E-state index in [1.54, 1.807) is 18.3 Å². The van der Waals surface area contributed by atoms with Gasteiger partial charge in [0.2, 0.25) is 11.6 Å². The highest BCUT2D eigenvalue weighted by Crippen LogP contribution is 2.32. The van der Waals surface area contributed by atoms with Gasteiger partial charge in [-0.15, -0.1) is 0 Å². The third-order valence-corrected chi connectivity index (χ3v) is 4.07. The van der Waals surface area contributed by atoms with E-state index in [9.17, 15) is 10.1 Å². The van der Waals surface area contributed by atoms with Crippen molar-refractivity contribution in [3.63, 3.8) is 0 Å². The molecule has 0 aliphatic heterocycles. The van der Waals surface area contributed by atoms with Crippen LogP contribution in [0.3, 0.4) is 0 Å². The van der Waals surface area contributed by atoms with Crippen molar-refractivity contribution in [1.29, 1.82) is 0 Å². The van der Waals surface area contributed by atoms with Crippen molar-refractivity contribution in [2.75, 3.05) is 10.6 Å². The first-order valence-electron chi connectivity index (χ1n) is 7.80. The number of aryl methyl sites for hydroxylation is 1. The Bertz CT molecular complexity index is 916. The summed E-state index contributed by atoms with van der Waals surface area (Å²) in [6, 6.07) is 11.1. The SMILES string of the molecule is CCc1ccc(Nc2ncnc(Nc3ccc(Br)cn3)c2[N+](=O)[O-])cc1. The first kappa shape index (κ1) is 17.7. The molecule has 26 heavy (non-hydrogen) atoms. The van der Waals surface area contributed by atoms with Gasteiger partial charge in [-0.1, -0.05) is 19.1 Å². The number of halogens is 1. The lowest BCUT2D eigenvalue weighted by Gasteiger charge is -2.10. The Morgan fingerprint density at radius 2 is 1.73 bits per heavy atom. The molecule has 0 saturated carbocycles. The standard InChI is InChI=1S/C17H15BrN6O2/c1-2-11-3-6-13(7-4-11)22-16-15(24(25)26)17(21-10-20-16)23-14-8-5-12(18)9-19-14/h3-10H,2H2,1H3,(H2,19,20,21,22,23). The number of rotatable bonds is 6. The van der Waals surface area contributed by atoms with Crippen LogP contribution in [-0.2, 0) is 6.42 Å². The van der Waals surface area contributed by atoms with E-state index in [1.165, 1.54) is 11.9 Å². The summed E-state index contributed by atoms with van der Waals surface area (Å²) in [5.41, 5.74) is 1.63. The van der Waals surface area contributed by atoms with Crippen LogP contribution in [0.15, 0.2) is 53.4 Å². The first-order chi connectivity index (χ1) is 12.6. The summed E-state index contributed by atoms with van der Waals surface area (Å²) >= 11 is 3.29. The van der Waals surface area contributed by atoms with E-state index in [1.807, 2.05) is 24.3 Å². The molecule has 8 nitrogen and oxygen atoms in total. The number of anilines is 4. The third kappa shape index (κ3) is 4.12. The maximum atomic E-state index is 11.6. The fraction of sp³-hybridized carbons (Fsp3) is 0.118. The fourth-order valence-corrected chi connectivity index (χ4v) is 2.50. The lowest BCUT2D eigenvalue weighted by Crippen LogP contribution is -2.06. The maximum absolute atomic E-state index is 11.6. The Kier molecular flexibility index (Phi) is 5.37. The van der Waals surface area contributed by atoms with Crippen molar-refractivity contribution in [3.8, 4) is 0 Å². The van der Waals surface area contributed by atoms with Gasteiger partial charge in [0.05, 0.1) is 4.92 Å². The topological polar surface area (TPSA) is 106 Å². The van der Waals surface area contributed by atoms with Gasteiger partial charge in [0, 0.05) is 16.4 Å². The smallest absolute Gasteiger partial charge is 0.334 e. The molecule has 9 heteroatoms. The van der Waals surface area contributed by atoms with Crippen LogP contribution in [0.25, 0.3) is 0 Å². The van der Waals surface area contributed by atoms with Crippen LogP contribution in [0.4, 0.5) is 28.8 Å². The average molecular weight is 415 g/mol. The highest BCUT2D eigenvalue weighted by atomic mass is 79.9. The summed E-state index contributed by atoms with van der Waals surface area (Å²) in [5, 5.41) is 17.4. The van der Waals surface area contributed by atoms with Crippen molar-refractivity contribution >= 4 is 44.8 Å². The molecular formula is C17H15BrN6O2. The third-order valence-electron chi connectivity index (χ3n) is 3.60. The molecule has 0 aliphatic carbocycles. The zero-order valence-corrected chi connectivity index (χ0v) is 15.4. The van der Waals surface area contributed by atoms with Gasteiger partial charge in [0.1, 0.15) is 12.1 Å². The van der Waals surface area contributed by atoms with E-state index >= 15 is 0 Å². The van der Waals surface area contributed by atoms with Crippen molar-refractivity contribution in [2.45, 2.75) is 13.3 Å². The average Bonchev–Trinajstić information content (AvgIpc) is 2.64. The van der Waals surface area contributed by atoms with Gasteiger partial charge >= 0.3 is 5.69 Å². The number of nitro groups is 1. The molecule has 2 heterocycles. The molecule has 0 atom stereocenters. The summed E-state index contributed by atoms with van der Waals surface area (Å²) < 4.78 is 0.804. The van der Waals surface area contributed by atoms with Gasteiger partial charge in [0.15, 0.2) is 0 Å². The minimum Gasteiger partial charge on any atom is -0.334 e. The molecular weight excluding hydrogens is 400 g/mol. The zero-order valence-electron chi connectivity index (χ0n) is 13.8. The molecule has 2 aromatic heterocycles. The maximum Gasteiger partial charge on any atom is 0.353 e. The predicted molar refractivity (Wildman–Crippen MR) is 103 cm³/mol. The highest BCUT2D eigenvalue weighted by molar-refractivity contribution is 9.10. The quantitative estimate of drug-likeness (QED) is 0.448. The summed E-state index contributed by atoms with van der Waals surface area (Å²) in [7, 11) is 0. The summed E-state index contributed by atoms with van der Waals surface area (Å²) in [6.07, 6.45) is 3.77. The van der Waals surface area contributed by atoms with Crippen molar-refractivity contribution < 1.29 is 4.92 Å². The van der Waals surface area contributed by atoms with Crippen LogP contribution in [-0.4, -0.2) is 19.9 Å². The number of pyridine rings is 1. The van der Waals surface area contributed by atoms with Gasteiger partial charge in [-0.25, -0.2) is 15.0 Å². The molecule has 3 aromatic rings.